The fourth-order valence-electron chi connectivity index (χ4n) is 2.45. The van der Waals surface area contributed by atoms with Crippen LogP contribution < -0.4 is 0 Å². The van der Waals surface area contributed by atoms with Gasteiger partial charge in [-0.3, -0.25) is 0 Å². The summed E-state index contributed by atoms with van der Waals surface area (Å²) in [5, 5.41) is 0. The van der Waals surface area contributed by atoms with Crippen molar-refractivity contribution in [3.05, 3.63) is 0 Å². The molecule has 0 aromatic carbocycles. The smallest absolute Gasteiger partial charge is 0.168 e. The van der Waals surface area contributed by atoms with E-state index in [-0.39, 0.29) is 5.79 Å². The first-order valence-corrected chi connectivity index (χ1v) is 6.60. The van der Waals surface area contributed by atoms with Crippen molar-refractivity contribution >= 4 is 0 Å². The molecule has 0 amide bonds. The van der Waals surface area contributed by atoms with Gasteiger partial charge in [0, 0.05) is 19.4 Å². The Bertz CT molecular complexity index is 199. The molecule has 0 radical (unpaired) electrons. The molecule has 1 aliphatic heterocycles. The van der Waals surface area contributed by atoms with Gasteiger partial charge in [-0.25, -0.2) is 0 Å². The Morgan fingerprint density at radius 3 is 2.38 bits per heavy atom. The van der Waals surface area contributed by atoms with Crippen molar-refractivity contribution in [3.63, 3.8) is 0 Å². The third-order valence-corrected chi connectivity index (χ3v) is 3.56. The highest BCUT2D eigenvalue weighted by molar-refractivity contribution is 4.82. The fourth-order valence-corrected chi connectivity index (χ4v) is 2.45. The second-order valence-corrected chi connectivity index (χ2v) is 5.36. The zero-order valence-corrected chi connectivity index (χ0v) is 10.5. The predicted octanol–water partition coefficient (Wildman–Crippen LogP) is 2.73. The van der Waals surface area contributed by atoms with Gasteiger partial charge in [0.15, 0.2) is 5.79 Å². The van der Waals surface area contributed by atoms with E-state index in [2.05, 4.69) is 13.8 Å². The van der Waals surface area contributed by atoms with E-state index in [0.717, 1.165) is 57.8 Å². The molecule has 0 aromatic heterocycles. The van der Waals surface area contributed by atoms with Crippen LogP contribution in [0.4, 0.5) is 0 Å². The Morgan fingerprint density at radius 2 is 1.81 bits per heavy atom. The molecule has 2 aliphatic rings. The molecule has 1 spiro atoms. The third kappa shape index (κ3) is 3.19. The van der Waals surface area contributed by atoms with E-state index in [1.165, 1.54) is 0 Å². The Labute approximate surface area is 98.4 Å². The fraction of sp³-hybridized carbons (Fsp3) is 1.00. The number of hydrogen-bond acceptors (Lipinski definition) is 3. The predicted molar refractivity (Wildman–Crippen MR) is 62.3 cm³/mol. The lowest BCUT2D eigenvalue weighted by Crippen LogP contribution is -2.37. The van der Waals surface area contributed by atoms with Crippen LogP contribution in [0.2, 0.25) is 0 Å². The van der Waals surface area contributed by atoms with Crippen molar-refractivity contribution in [2.24, 2.45) is 5.92 Å². The molecule has 2 rings (SSSR count). The molecule has 1 heterocycles. The minimum absolute atomic E-state index is 0.238. The monoisotopic (exact) mass is 228 g/mol. The van der Waals surface area contributed by atoms with E-state index >= 15 is 0 Å². The summed E-state index contributed by atoms with van der Waals surface area (Å²) in [5.41, 5.74) is 0. The van der Waals surface area contributed by atoms with Gasteiger partial charge < -0.3 is 14.2 Å². The van der Waals surface area contributed by atoms with Gasteiger partial charge in [-0.05, 0) is 25.2 Å². The zero-order valence-electron chi connectivity index (χ0n) is 10.5. The highest BCUT2D eigenvalue weighted by Gasteiger charge is 2.40. The summed E-state index contributed by atoms with van der Waals surface area (Å²) < 4.78 is 17.3. The lowest BCUT2D eigenvalue weighted by atomic mass is 9.92. The van der Waals surface area contributed by atoms with Crippen LogP contribution in [0.3, 0.4) is 0 Å². The molecule has 3 heteroatoms. The van der Waals surface area contributed by atoms with Gasteiger partial charge in [0.25, 0.3) is 0 Å². The van der Waals surface area contributed by atoms with Gasteiger partial charge in [0.1, 0.15) is 0 Å². The van der Waals surface area contributed by atoms with Gasteiger partial charge in [-0.15, -0.1) is 0 Å². The highest BCUT2D eigenvalue weighted by Crippen LogP contribution is 2.36. The van der Waals surface area contributed by atoms with Crippen LogP contribution >= 0.6 is 0 Å². The van der Waals surface area contributed by atoms with Crippen LogP contribution in [0.5, 0.6) is 0 Å². The first-order chi connectivity index (χ1) is 7.70. The molecule has 0 unspecified atom stereocenters. The molecule has 94 valence electrons. The summed E-state index contributed by atoms with van der Waals surface area (Å²) >= 11 is 0. The largest absolute Gasteiger partial charge is 0.378 e. The lowest BCUT2D eigenvalue weighted by molar-refractivity contribution is -0.191. The minimum atomic E-state index is -0.238. The molecule has 16 heavy (non-hydrogen) atoms. The Hall–Kier alpha value is -0.120. The van der Waals surface area contributed by atoms with E-state index in [0.29, 0.717) is 6.10 Å². The topological polar surface area (TPSA) is 27.7 Å². The highest BCUT2D eigenvalue weighted by atomic mass is 16.7. The van der Waals surface area contributed by atoms with E-state index in [9.17, 15) is 0 Å². The van der Waals surface area contributed by atoms with Crippen LogP contribution in [-0.4, -0.2) is 31.7 Å². The maximum absolute atomic E-state index is 5.89. The SMILES string of the molecule is CC(C)CCOC1CCC2(CC1)OCCO2. The summed E-state index contributed by atoms with van der Waals surface area (Å²) in [6, 6.07) is 0. The summed E-state index contributed by atoms with van der Waals surface area (Å²) in [4.78, 5) is 0. The molecule has 0 bridgehead atoms. The maximum Gasteiger partial charge on any atom is 0.168 e. The Morgan fingerprint density at radius 1 is 1.19 bits per heavy atom. The summed E-state index contributed by atoms with van der Waals surface area (Å²) in [5.74, 6) is 0.495. The maximum atomic E-state index is 5.89. The first-order valence-electron chi connectivity index (χ1n) is 6.60. The van der Waals surface area contributed by atoms with Crippen LogP contribution in [0.1, 0.15) is 46.0 Å². The van der Waals surface area contributed by atoms with Gasteiger partial charge in [0.05, 0.1) is 19.3 Å². The molecular formula is C13H24O3. The second-order valence-electron chi connectivity index (χ2n) is 5.36. The Kier molecular flexibility index (Phi) is 4.22. The molecule has 0 aromatic rings. The van der Waals surface area contributed by atoms with Crippen molar-refractivity contribution in [3.8, 4) is 0 Å². The van der Waals surface area contributed by atoms with Crippen molar-refractivity contribution in [2.75, 3.05) is 19.8 Å². The average Bonchev–Trinajstić information content (AvgIpc) is 2.70. The molecular weight excluding hydrogens is 204 g/mol. The normalized spacial score (nSPS) is 25.7. The quantitative estimate of drug-likeness (QED) is 0.740. The molecule has 0 N–H and O–H groups in total. The second kappa shape index (κ2) is 5.48. The summed E-state index contributed by atoms with van der Waals surface area (Å²) in [6.45, 7) is 6.90. The van der Waals surface area contributed by atoms with Gasteiger partial charge in [0.2, 0.25) is 0 Å². The van der Waals surface area contributed by atoms with Crippen molar-refractivity contribution < 1.29 is 14.2 Å². The standard InChI is InChI=1S/C13H24O3/c1-11(2)5-8-14-12-3-6-13(7-4-12)15-9-10-16-13/h11-12H,3-10H2,1-2H3. The van der Waals surface area contributed by atoms with Gasteiger partial charge >= 0.3 is 0 Å². The van der Waals surface area contributed by atoms with Crippen LogP contribution in [0.15, 0.2) is 0 Å². The Balaban J connectivity index is 1.65. The van der Waals surface area contributed by atoms with E-state index in [1.807, 2.05) is 0 Å². The van der Waals surface area contributed by atoms with Crippen molar-refractivity contribution in [1.29, 1.82) is 0 Å². The van der Waals surface area contributed by atoms with Gasteiger partial charge in [-0.1, -0.05) is 13.8 Å². The van der Waals surface area contributed by atoms with Crippen LogP contribution in [0, 0.1) is 5.92 Å². The van der Waals surface area contributed by atoms with Crippen LogP contribution in [-0.2, 0) is 14.2 Å². The first kappa shape index (κ1) is 12.3. The number of rotatable bonds is 4. The average molecular weight is 228 g/mol. The lowest BCUT2D eigenvalue weighted by Gasteiger charge is -2.35. The van der Waals surface area contributed by atoms with E-state index < -0.39 is 0 Å². The molecule has 2 fully saturated rings. The number of ether oxygens (including phenoxy) is 3. The van der Waals surface area contributed by atoms with E-state index in [4.69, 9.17) is 14.2 Å². The van der Waals surface area contributed by atoms with Crippen molar-refractivity contribution in [1.82, 2.24) is 0 Å². The third-order valence-electron chi connectivity index (χ3n) is 3.56. The molecule has 1 saturated carbocycles. The summed E-state index contributed by atoms with van der Waals surface area (Å²) in [6.07, 6.45) is 5.75. The van der Waals surface area contributed by atoms with Crippen LogP contribution in [0.25, 0.3) is 0 Å². The zero-order chi connectivity index (χ0) is 11.4. The molecule has 0 atom stereocenters. The minimum Gasteiger partial charge on any atom is -0.378 e. The molecule has 3 nitrogen and oxygen atoms in total. The number of hydrogen-bond donors (Lipinski definition) is 0. The summed E-state index contributed by atoms with van der Waals surface area (Å²) in [7, 11) is 0. The van der Waals surface area contributed by atoms with Crippen molar-refractivity contribution in [2.45, 2.75) is 57.8 Å². The molecule has 1 saturated heterocycles. The molecule has 1 aliphatic carbocycles. The van der Waals surface area contributed by atoms with E-state index in [1.54, 1.807) is 0 Å². The van der Waals surface area contributed by atoms with Gasteiger partial charge in [-0.2, -0.15) is 0 Å².